The molecule has 4 nitrogen and oxygen atoms in total. The van der Waals surface area contributed by atoms with E-state index in [1.165, 1.54) is 0 Å². The van der Waals surface area contributed by atoms with Crippen LogP contribution in [-0.2, 0) is 6.18 Å². The minimum absolute atomic E-state index is 0.0431. The van der Waals surface area contributed by atoms with Crippen LogP contribution in [0.15, 0.2) is 12.3 Å². The fraction of sp³-hybridized carbons (Fsp3) is 0.583. The number of nitrogens with zero attached hydrogens (tertiary/aromatic N) is 2. The molecule has 1 saturated heterocycles. The number of nitrogen functional groups attached to an aromatic ring is 1. The molecule has 1 fully saturated rings. The molecule has 0 spiro atoms. The predicted octanol–water partition coefficient (Wildman–Crippen LogP) is 2.16. The lowest BCUT2D eigenvalue weighted by atomic mass is 10.3. The number of anilines is 1. The molecule has 0 bridgehead atoms. The van der Waals surface area contributed by atoms with Crippen LogP contribution in [0.3, 0.4) is 0 Å². The molecule has 1 aromatic heterocycles. The summed E-state index contributed by atoms with van der Waals surface area (Å²) in [7, 11) is 0. The number of nitrogens with two attached hydrogens (primary N) is 1. The van der Waals surface area contributed by atoms with E-state index in [9.17, 15) is 13.2 Å². The summed E-state index contributed by atoms with van der Waals surface area (Å²) >= 11 is 0. The van der Waals surface area contributed by atoms with Crippen molar-refractivity contribution >= 4 is 5.69 Å². The molecule has 0 amide bonds. The van der Waals surface area contributed by atoms with Gasteiger partial charge in [0.25, 0.3) is 0 Å². The van der Waals surface area contributed by atoms with Crippen molar-refractivity contribution in [1.82, 2.24) is 9.88 Å². The Morgan fingerprint density at radius 1 is 1.32 bits per heavy atom. The van der Waals surface area contributed by atoms with Crippen LogP contribution in [0.5, 0.6) is 5.75 Å². The number of alkyl halides is 3. The van der Waals surface area contributed by atoms with Gasteiger partial charge in [-0.25, -0.2) is 4.98 Å². The largest absolute Gasteiger partial charge is 0.490 e. The van der Waals surface area contributed by atoms with Crippen LogP contribution >= 0.6 is 0 Å². The van der Waals surface area contributed by atoms with E-state index < -0.39 is 11.9 Å². The van der Waals surface area contributed by atoms with Crippen molar-refractivity contribution < 1.29 is 17.9 Å². The van der Waals surface area contributed by atoms with Gasteiger partial charge in [-0.05, 0) is 25.9 Å². The van der Waals surface area contributed by atoms with Gasteiger partial charge in [0.05, 0.1) is 11.9 Å². The smallest absolute Gasteiger partial charge is 0.433 e. The number of pyridine rings is 1. The molecule has 106 valence electrons. The molecule has 19 heavy (non-hydrogen) atoms. The van der Waals surface area contributed by atoms with Crippen molar-refractivity contribution in [3.8, 4) is 5.75 Å². The average Bonchev–Trinajstić information content (AvgIpc) is 2.83. The first kappa shape index (κ1) is 13.9. The Morgan fingerprint density at radius 2 is 2.00 bits per heavy atom. The van der Waals surface area contributed by atoms with Gasteiger partial charge in [-0.1, -0.05) is 0 Å². The van der Waals surface area contributed by atoms with Crippen LogP contribution in [0, 0.1) is 0 Å². The average molecular weight is 275 g/mol. The zero-order valence-electron chi connectivity index (χ0n) is 10.4. The van der Waals surface area contributed by atoms with Crippen molar-refractivity contribution in [3.63, 3.8) is 0 Å². The highest BCUT2D eigenvalue weighted by Crippen LogP contribution is 2.32. The zero-order valence-corrected chi connectivity index (χ0v) is 10.4. The van der Waals surface area contributed by atoms with E-state index >= 15 is 0 Å². The molecule has 2 rings (SSSR count). The summed E-state index contributed by atoms with van der Waals surface area (Å²) in [4.78, 5) is 5.47. The van der Waals surface area contributed by atoms with Crippen molar-refractivity contribution in [2.75, 3.05) is 32.0 Å². The Hall–Kier alpha value is -1.50. The predicted molar refractivity (Wildman–Crippen MR) is 64.8 cm³/mol. The number of rotatable bonds is 4. The summed E-state index contributed by atoms with van der Waals surface area (Å²) in [5, 5.41) is 0. The Morgan fingerprint density at radius 3 is 2.63 bits per heavy atom. The standard InChI is InChI=1S/C12H16F3N3O/c13-12(14,15)11-7-10(9(16)8-17-11)19-6-5-18-3-1-2-4-18/h7-8H,1-6,16H2. The van der Waals surface area contributed by atoms with Crippen molar-refractivity contribution in [2.24, 2.45) is 0 Å². The third-order valence-electron chi connectivity index (χ3n) is 3.05. The Labute approximate surface area is 109 Å². The maximum Gasteiger partial charge on any atom is 0.433 e. The highest BCUT2D eigenvalue weighted by atomic mass is 19.4. The van der Waals surface area contributed by atoms with E-state index in [0.717, 1.165) is 38.2 Å². The lowest BCUT2D eigenvalue weighted by Crippen LogP contribution is -2.25. The third kappa shape index (κ3) is 3.73. The number of likely N-dealkylation sites (tertiary alicyclic amines) is 1. The molecule has 2 N–H and O–H groups in total. The summed E-state index contributed by atoms with van der Waals surface area (Å²) in [5.41, 5.74) is 4.69. The maximum atomic E-state index is 12.5. The molecule has 0 atom stereocenters. The molecule has 1 aromatic rings. The molecule has 0 aromatic carbocycles. The number of hydrogen-bond acceptors (Lipinski definition) is 4. The first-order valence-electron chi connectivity index (χ1n) is 6.14. The zero-order chi connectivity index (χ0) is 13.9. The van der Waals surface area contributed by atoms with Crippen LogP contribution < -0.4 is 10.5 Å². The molecule has 0 unspecified atom stereocenters. The van der Waals surface area contributed by atoms with Gasteiger partial charge in [0.1, 0.15) is 18.1 Å². The van der Waals surface area contributed by atoms with Gasteiger partial charge >= 0.3 is 6.18 Å². The van der Waals surface area contributed by atoms with Gasteiger partial charge in [0.2, 0.25) is 0 Å². The monoisotopic (exact) mass is 275 g/mol. The third-order valence-corrected chi connectivity index (χ3v) is 3.05. The quantitative estimate of drug-likeness (QED) is 0.915. The van der Waals surface area contributed by atoms with E-state index in [1.807, 2.05) is 0 Å². The fourth-order valence-electron chi connectivity index (χ4n) is 2.02. The number of aromatic nitrogens is 1. The lowest BCUT2D eigenvalue weighted by Gasteiger charge is -2.16. The molecular weight excluding hydrogens is 259 g/mol. The first-order chi connectivity index (χ1) is 8.97. The summed E-state index contributed by atoms with van der Waals surface area (Å²) in [6.45, 7) is 3.06. The normalized spacial score (nSPS) is 16.8. The molecule has 7 heteroatoms. The second-order valence-corrected chi connectivity index (χ2v) is 4.50. The van der Waals surface area contributed by atoms with Crippen LogP contribution in [0.2, 0.25) is 0 Å². The van der Waals surface area contributed by atoms with Gasteiger partial charge in [0, 0.05) is 12.6 Å². The Balaban J connectivity index is 1.94. The minimum atomic E-state index is -4.49. The van der Waals surface area contributed by atoms with Gasteiger partial charge in [0.15, 0.2) is 0 Å². The van der Waals surface area contributed by atoms with E-state index in [2.05, 4.69) is 9.88 Å². The van der Waals surface area contributed by atoms with Gasteiger partial charge in [-0.15, -0.1) is 0 Å². The minimum Gasteiger partial charge on any atom is -0.490 e. The maximum absolute atomic E-state index is 12.5. The van der Waals surface area contributed by atoms with E-state index in [4.69, 9.17) is 10.5 Å². The second kappa shape index (κ2) is 5.64. The highest BCUT2D eigenvalue weighted by Gasteiger charge is 2.33. The van der Waals surface area contributed by atoms with Crippen LogP contribution in [0.4, 0.5) is 18.9 Å². The molecule has 2 heterocycles. The summed E-state index contributed by atoms with van der Waals surface area (Å²) in [6, 6.07) is 0.847. The van der Waals surface area contributed by atoms with Gasteiger partial charge < -0.3 is 10.5 Å². The van der Waals surface area contributed by atoms with E-state index in [-0.39, 0.29) is 11.4 Å². The van der Waals surface area contributed by atoms with Crippen molar-refractivity contribution in [2.45, 2.75) is 19.0 Å². The lowest BCUT2D eigenvalue weighted by molar-refractivity contribution is -0.141. The number of ether oxygens (including phenoxy) is 1. The molecule has 1 aliphatic heterocycles. The van der Waals surface area contributed by atoms with Crippen molar-refractivity contribution in [1.29, 1.82) is 0 Å². The topological polar surface area (TPSA) is 51.4 Å². The molecule has 1 aliphatic rings. The second-order valence-electron chi connectivity index (χ2n) is 4.50. The molecular formula is C12H16F3N3O. The van der Waals surface area contributed by atoms with Crippen LogP contribution in [0.25, 0.3) is 0 Å². The number of hydrogen-bond donors (Lipinski definition) is 1. The summed E-state index contributed by atoms with van der Waals surface area (Å²) in [6.07, 6.45) is -1.18. The Bertz CT molecular complexity index is 431. The SMILES string of the molecule is Nc1cnc(C(F)(F)F)cc1OCCN1CCCC1. The molecule has 0 aliphatic carbocycles. The van der Waals surface area contributed by atoms with Gasteiger partial charge in [-0.2, -0.15) is 13.2 Å². The summed E-state index contributed by atoms with van der Waals surface area (Å²) in [5.74, 6) is 0.0431. The van der Waals surface area contributed by atoms with Crippen molar-refractivity contribution in [3.05, 3.63) is 18.0 Å². The highest BCUT2D eigenvalue weighted by molar-refractivity contribution is 5.51. The summed E-state index contributed by atoms with van der Waals surface area (Å²) < 4.78 is 42.8. The van der Waals surface area contributed by atoms with E-state index in [0.29, 0.717) is 13.2 Å². The number of halogens is 3. The van der Waals surface area contributed by atoms with Crippen LogP contribution in [-0.4, -0.2) is 36.1 Å². The van der Waals surface area contributed by atoms with Crippen LogP contribution in [0.1, 0.15) is 18.5 Å². The first-order valence-corrected chi connectivity index (χ1v) is 6.14. The molecule has 0 saturated carbocycles. The Kier molecular flexibility index (Phi) is 4.14. The van der Waals surface area contributed by atoms with Gasteiger partial charge in [-0.3, -0.25) is 4.90 Å². The molecule has 0 radical (unpaired) electrons. The fourth-order valence-corrected chi connectivity index (χ4v) is 2.02. The van der Waals surface area contributed by atoms with E-state index in [1.54, 1.807) is 0 Å².